The highest BCUT2D eigenvalue weighted by atomic mass is 16.5. The van der Waals surface area contributed by atoms with Gasteiger partial charge in [0, 0.05) is 38.8 Å². The van der Waals surface area contributed by atoms with Gasteiger partial charge >= 0.3 is 5.97 Å². The van der Waals surface area contributed by atoms with Crippen molar-refractivity contribution >= 4 is 11.9 Å². The van der Waals surface area contributed by atoms with Gasteiger partial charge in [-0.3, -0.25) is 9.69 Å². The summed E-state index contributed by atoms with van der Waals surface area (Å²) in [6, 6.07) is 11.3. The minimum absolute atomic E-state index is 0.0290. The van der Waals surface area contributed by atoms with E-state index in [1.54, 1.807) is 30.5 Å². The van der Waals surface area contributed by atoms with Gasteiger partial charge in [-0.05, 0) is 56.8 Å². The smallest absolute Gasteiger partial charge is 0.337 e. The number of carbonyl (C=O) groups is 2. The normalized spacial score (nSPS) is 15.3. The lowest BCUT2D eigenvalue weighted by atomic mass is 10.0. The van der Waals surface area contributed by atoms with E-state index in [1.807, 2.05) is 31.1 Å². The van der Waals surface area contributed by atoms with Crippen LogP contribution in [0.3, 0.4) is 0 Å². The van der Waals surface area contributed by atoms with Crippen molar-refractivity contribution in [1.29, 1.82) is 0 Å². The Morgan fingerprint density at radius 2 is 1.80 bits per heavy atom. The highest BCUT2D eigenvalue weighted by Gasteiger charge is 2.29. The fourth-order valence-corrected chi connectivity index (χ4v) is 3.81. The molecule has 1 aromatic heterocycles. The van der Waals surface area contributed by atoms with Crippen LogP contribution in [0.25, 0.3) is 0 Å². The first-order valence-corrected chi connectivity index (χ1v) is 10.4. The second-order valence-corrected chi connectivity index (χ2v) is 7.97. The molecule has 2 heterocycles. The Hall–Kier alpha value is -2.64. The molecule has 0 radical (unpaired) electrons. The fraction of sp³-hybridized carbons (Fsp3) is 0.478. The summed E-state index contributed by atoms with van der Waals surface area (Å²) >= 11 is 0. The van der Waals surface area contributed by atoms with Gasteiger partial charge in [-0.25, -0.2) is 4.79 Å². The number of nitrogens with zero attached hydrogens (tertiary/aromatic N) is 3. The SMILES string of the molecule is COC(=O)c1ccc(CN2CCC(N(CCN(C)C)C(=O)c3ccco3)CC2)cc1. The number of ether oxygens (including phenoxy) is 1. The molecule has 0 aliphatic carbocycles. The number of rotatable bonds is 8. The largest absolute Gasteiger partial charge is 0.465 e. The summed E-state index contributed by atoms with van der Waals surface area (Å²) in [6.07, 6.45) is 3.41. The Balaban J connectivity index is 1.57. The minimum Gasteiger partial charge on any atom is -0.465 e. The van der Waals surface area contributed by atoms with Crippen LogP contribution in [-0.2, 0) is 11.3 Å². The van der Waals surface area contributed by atoms with Gasteiger partial charge in [-0.15, -0.1) is 0 Å². The van der Waals surface area contributed by atoms with Crippen molar-refractivity contribution in [2.45, 2.75) is 25.4 Å². The molecule has 1 fully saturated rings. The number of carbonyl (C=O) groups excluding carboxylic acids is 2. The van der Waals surface area contributed by atoms with Gasteiger partial charge in [0.25, 0.3) is 5.91 Å². The lowest BCUT2D eigenvalue weighted by Gasteiger charge is -2.38. The molecule has 1 aliphatic rings. The van der Waals surface area contributed by atoms with Crippen LogP contribution in [-0.4, -0.2) is 80.0 Å². The third-order valence-corrected chi connectivity index (χ3v) is 5.56. The summed E-state index contributed by atoms with van der Waals surface area (Å²) in [5.74, 6) is 0.0574. The quantitative estimate of drug-likeness (QED) is 0.620. The Bertz CT molecular complexity index is 809. The van der Waals surface area contributed by atoms with E-state index in [9.17, 15) is 9.59 Å². The molecule has 1 aliphatic heterocycles. The number of amides is 1. The molecular weight excluding hydrogens is 382 g/mol. The maximum absolute atomic E-state index is 13.0. The number of furan rings is 1. The molecular formula is C23H31N3O4. The van der Waals surface area contributed by atoms with Crippen molar-refractivity contribution in [1.82, 2.24) is 14.7 Å². The average Bonchev–Trinajstić information content (AvgIpc) is 3.29. The number of esters is 1. The second-order valence-electron chi connectivity index (χ2n) is 7.97. The standard InChI is InChI=1S/C23H31N3O4/c1-24(2)14-15-26(22(27)21-5-4-16-30-21)20-10-12-25(13-11-20)17-18-6-8-19(9-7-18)23(28)29-3/h4-9,16,20H,10-15,17H2,1-3H3. The molecule has 0 spiro atoms. The Morgan fingerprint density at radius 3 is 2.37 bits per heavy atom. The summed E-state index contributed by atoms with van der Waals surface area (Å²) in [4.78, 5) is 31.0. The van der Waals surface area contributed by atoms with Crippen molar-refractivity contribution in [3.63, 3.8) is 0 Å². The van der Waals surface area contributed by atoms with E-state index < -0.39 is 0 Å². The summed E-state index contributed by atoms with van der Waals surface area (Å²) < 4.78 is 10.1. The first-order valence-electron chi connectivity index (χ1n) is 10.4. The summed E-state index contributed by atoms with van der Waals surface area (Å²) in [6.45, 7) is 4.18. The zero-order valence-corrected chi connectivity index (χ0v) is 18.0. The van der Waals surface area contributed by atoms with Crippen LogP contribution in [0.1, 0.15) is 39.3 Å². The highest BCUT2D eigenvalue weighted by molar-refractivity contribution is 5.91. The molecule has 162 valence electrons. The Morgan fingerprint density at radius 1 is 1.10 bits per heavy atom. The van der Waals surface area contributed by atoms with Gasteiger partial charge in [0.2, 0.25) is 0 Å². The van der Waals surface area contributed by atoms with Crippen molar-refractivity contribution in [2.75, 3.05) is 47.4 Å². The number of likely N-dealkylation sites (tertiary alicyclic amines) is 1. The number of hydrogen-bond donors (Lipinski definition) is 0. The molecule has 0 saturated carbocycles. The topological polar surface area (TPSA) is 66.2 Å². The van der Waals surface area contributed by atoms with Crippen LogP contribution in [0.15, 0.2) is 47.1 Å². The van der Waals surface area contributed by atoms with E-state index in [1.165, 1.54) is 7.11 Å². The fourth-order valence-electron chi connectivity index (χ4n) is 3.81. The Kier molecular flexibility index (Phi) is 7.65. The van der Waals surface area contributed by atoms with Crippen LogP contribution in [0.5, 0.6) is 0 Å². The molecule has 7 heteroatoms. The first kappa shape index (κ1) is 22.1. The van der Waals surface area contributed by atoms with Gasteiger partial charge in [0.05, 0.1) is 18.9 Å². The summed E-state index contributed by atoms with van der Waals surface area (Å²) in [5.41, 5.74) is 1.73. The predicted molar refractivity (Wildman–Crippen MR) is 114 cm³/mol. The first-order chi connectivity index (χ1) is 14.5. The second kappa shape index (κ2) is 10.4. The van der Waals surface area contributed by atoms with Crippen molar-refractivity contribution in [3.8, 4) is 0 Å². The molecule has 1 amide bonds. The Labute approximate surface area is 178 Å². The zero-order valence-electron chi connectivity index (χ0n) is 18.0. The van der Waals surface area contributed by atoms with Crippen LogP contribution in [0.2, 0.25) is 0 Å². The molecule has 1 aromatic carbocycles. The van der Waals surface area contributed by atoms with Crippen LogP contribution >= 0.6 is 0 Å². The van der Waals surface area contributed by atoms with Crippen LogP contribution < -0.4 is 0 Å². The zero-order chi connectivity index (χ0) is 21.5. The average molecular weight is 414 g/mol. The number of benzene rings is 1. The predicted octanol–water partition coefficient (Wildman–Crippen LogP) is 2.73. The minimum atomic E-state index is -0.318. The lowest BCUT2D eigenvalue weighted by Crippen LogP contribution is -2.49. The number of methoxy groups -OCH3 is 1. The van der Waals surface area contributed by atoms with Crippen LogP contribution in [0, 0.1) is 0 Å². The monoisotopic (exact) mass is 413 g/mol. The number of hydrogen-bond acceptors (Lipinski definition) is 6. The van der Waals surface area contributed by atoms with Crippen molar-refractivity contribution < 1.29 is 18.7 Å². The summed E-state index contributed by atoms with van der Waals surface area (Å²) in [7, 11) is 5.42. The van der Waals surface area contributed by atoms with Crippen molar-refractivity contribution in [3.05, 3.63) is 59.5 Å². The van der Waals surface area contributed by atoms with E-state index in [-0.39, 0.29) is 17.9 Å². The molecule has 0 atom stereocenters. The van der Waals surface area contributed by atoms with Crippen LogP contribution in [0.4, 0.5) is 0 Å². The third kappa shape index (κ3) is 5.70. The van der Waals surface area contributed by atoms with Gasteiger partial charge in [-0.2, -0.15) is 0 Å². The van der Waals surface area contributed by atoms with E-state index in [4.69, 9.17) is 9.15 Å². The van der Waals surface area contributed by atoms with E-state index in [0.29, 0.717) is 17.9 Å². The molecule has 1 saturated heterocycles. The number of piperidine rings is 1. The maximum atomic E-state index is 13.0. The molecule has 30 heavy (non-hydrogen) atoms. The van der Waals surface area contributed by atoms with E-state index in [0.717, 1.165) is 44.6 Å². The van der Waals surface area contributed by atoms with Crippen molar-refractivity contribution in [2.24, 2.45) is 0 Å². The third-order valence-electron chi connectivity index (χ3n) is 5.56. The molecule has 7 nitrogen and oxygen atoms in total. The maximum Gasteiger partial charge on any atom is 0.337 e. The van der Waals surface area contributed by atoms with Gasteiger partial charge in [-0.1, -0.05) is 12.1 Å². The summed E-state index contributed by atoms with van der Waals surface area (Å²) in [5, 5.41) is 0. The molecule has 0 N–H and O–H groups in total. The van der Waals surface area contributed by atoms with E-state index >= 15 is 0 Å². The van der Waals surface area contributed by atoms with Gasteiger partial charge in [0.1, 0.15) is 0 Å². The number of likely N-dealkylation sites (N-methyl/N-ethyl adjacent to an activating group) is 1. The molecule has 0 unspecified atom stereocenters. The van der Waals surface area contributed by atoms with Gasteiger partial charge < -0.3 is 19.0 Å². The molecule has 0 bridgehead atoms. The lowest BCUT2D eigenvalue weighted by molar-refractivity contribution is 0.0517. The highest BCUT2D eigenvalue weighted by Crippen LogP contribution is 2.21. The molecule has 2 aromatic rings. The molecule has 3 rings (SSSR count). The van der Waals surface area contributed by atoms with Gasteiger partial charge in [0.15, 0.2) is 5.76 Å². The van der Waals surface area contributed by atoms with E-state index in [2.05, 4.69) is 9.80 Å².